The quantitative estimate of drug-likeness (QED) is 0.637. The van der Waals surface area contributed by atoms with Crippen molar-refractivity contribution in [3.63, 3.8) is 0 Å². The lowest BCUT2D eigenvalue weighted by Gasteiger charge is -2.35. The second kappa shape index (κ2) is 3.61. The van der Waals surface area contributed by atoms with Crippen LogP contribution in [0.15, 0.2) is 0 Å². The largest absolute Gasteiger partial charge is 0.376 e. The van der Waals surface area contributed by atoms with E-state index in [-0.39, 0.29) is 0 Å². The molecule has 1 aliphatic carbocycles. The Morgan fingerprint density at radius 1 is 1.00 bits per heavy atom. The Bertz CT molecular complexity index is 164. The summed E-state index contributed by atoms with van der Waals surface area (Å²) in [5.74, 6) is 2.95. The van der Waals surface area contributed by atoms with Crippen molar-refractivity contribution in [2.24, 2.45) is 17.8 Å². The first-order valence-corrected chi connectivity index (χ1v) is 5.82. The molecule has 76 valence electrons. The zero-order chi connectivity index (χ0) is 9.42. The minimum atomic E-state index is 0.495. The summed E-state index contributed by atoms with van der Waals surface area (Å²) in [5.41, 5.74) is 0. The fourth-order valence-electron chi connectivity index (χ4n) is 2.89. The molecule has 3 unspecified atom stereocenters. The molecule has 1 nitrogen and oxygen atoms in total. The Morgan fingerprint density at radius 3 is 2.00 bits per heavy atom. The van der Waals surface area contributed by atoms with Crippen molar-refractivity contribution < 1.29 is 4.74 Å². The second-order valence-corrected chi connectivity index (χ2v) is 5.19. The average Bonchev–Trinajstić information content (AvgIpc) is 2.83. The van der Waals surface area contributed by atoms with Gasteiger partial charge in [-0.05, 0) is 57.3 Å². The van der Waals surface area contributed by atoms with Gasteiger partial charge in [-0.15, -0.1) is 0 Å². The van der Waals surface area contributed by atoms with E-state index < -0.39 is 0 Å². The molecular formula is C12H22O. The maximum atomic E-state index is 5.77. The molecule has 0 spiro atoms. The van der Waals surface area contributed by atoms with Crippen LogP contribution in [0.3, 0.4) is 0 Å². The van der Waals surface area contributed by atoms with Gasteiger partial charge in [0.25, 0.3) is 0 Å². The predicted octanol–water partition coefficient (Wildman–Crippen LogP) is 3.24. The molecule has 2 fully saturated rings. The van der Waals surface area contributed by atoms with Crippen molar-refractivity contribution in [1.29, 1.82) is 0 Å². The second-order valence-electron chi connectivity index (χ2n) is 5.19. The van der Waals surface area contributed by atoms with Gasteiger partial charge >= 0.3 is 0 Å². The maximum Gasteiger partial charge on any atom is 0.0553 e. The lowest BCUT2D eigenvalue weighted by Crippen LogP contribution is -2.32. The van der Waals surface area contributed by atoms with Crippen molar-refractivity contribution in [2.45, 2.75) is 58.7 Å². The molecule has 2 rings (SSSR count). The Kier molecular flexibility index (Phi) is 2.64. The van der Waals surface area contributed by atoms with E-state index in [0.717, 1.165) is 17.8 Å². The predicted molar refractivity (Wildman–Crippen MR) is 54.6 cm³/mol. The van der Waals surface area contributed by atoms with Crippen molar-refractivity contribution >= 4 is 0 Å². The van der Waals surface area contributed by atoms with Crippen LogP contribution in [0.2, 0.25) is 0 Å². The molecule has 0 radical (unpaired) electrons. The SMILES string of the molecule is CC1CC(C(C)C2CC2)CC(C)O1. The molecule has 2 aliphatic rings. The van der Waals surface area contributed by atoms with Crippen molar-refractivity contribution in [3.8, 4) is 0 Å². The highest BCUT2D eigenvalue weighted by molar-refractivity contribution is 4.86. The third-order valence-electron chi connectivity index (χ3n) is 3.84. The minimum absolute atomic E-state index is 0.495. The normalized spacial score (nSPS) is 43.2. The van der Waals surface area contributed by atoms with Gasteiger partial charge in [0, 0.05) is 0 Å². The molecule has 1 aliphatic heterocycles. The molecule has 1 heteroatoms. The highest BCUT2D eigenvalue weighted by atomic mass is 16.5. The molecule has 0 aromatic carbocycles. The smallest absolute Gasteiger partial charge is 0.0553 e. The minimum Gasteiger partial charge on any atom is -0.376 e. The lowest BCUT2D eigenvalue weighted by molar-refractivity contribution is -0.0637. The molecule has 1 heterocycles. The fraction of sp³-hybridized carbons (Fsp3) is 1.00. The van der Waals surface area contributed by atoms with Gasteiger partial charge in [0.2, 0.25) is 0 Å². The zero-order valence-corrected chi connectivity index (χ0v) is 9.12. The van der Waals surface area contributed by atoms with Gasteiger partial charge in [-0.25, -0.2) is 0 Å². The molecular weight excluding hydrogens is 160 g/mol. The fourth-order valence-corrected chi connectivity index (χ4v) is 2.89. The summed E-state index contributed by atoms with van der Waals surface area (Å²) in [6, 6.07) is 0. The van der Waals surface area contributed by atoms with Crippen LogP contribution in [-0.2, 0) is 4.74 Å². The summed E-state index contributed by atoms with van der Waals surface area (Å²) in [5, 5.41) is 0. The monoisotopic (exact) mass is 182 g/mol. The van der Waals surface area contributed by atoms with Gasteiger partial charge < -0.3 is 4.74 Å². The van der Waals surface area contributed by atoms with Crippen LogP contribution in [0.4, 0.5) is 0 Å². The molecule has 0 aromatic heterocycles. The van der Waals surface area contributed by atoms with E-state index in [1.54, 1.807) is 0 Å². The summed E-state index contributed by atoms with van der Waals surface area (Å²) < 4.78 is 5.77. The van der Waals surface area contributed by atoms with Crippen molar-refractivity contribution in [1.82, 2.24) is 0 Å². The van der Waals surface area contributed by atoms with E-state index in [0.29, 0.717) is 12.2 Å². The molecule has 0 bridgehead atoms. The molecule has 0 aromatic rings. The highest BCUT2D eigenvalue weighted by Crippen LogP contribution is 2.44. The number of ether oxygens (including phenoxy) is 1. The van der Waals surface area contributed by atoms with Gasteiger partial charge in [0.1, 0.15) is 0 Å². The molecule has 0 amide bonds. The summed E-state index contributed by atoms with van der Waals surface area (Å²) >= 11 is 0. The van der Waals surface area contributed by atoms with Crippen LogP contribution in [0.1, 0.15) is 46.5 Å². The van der Waals surface area contributed by atoms with E-state index in [1.807, 2.05) is 0 Å². The summed E-state index contributed by atoms with van der Waals surface area (Å²) in [7, 11) is 0. The van der Waals surface area contributed by atoms with Crippen LogP contribution in [0, 0.1) is 17.8 Å². The third-order valence-corrected chi connectivity index (χ3v) is 3.84. The zero-order valence-electron chi connectivity index (χ0n) is 9.12. The topological polar surface area (TPSA) is 9.23 Å². The Hall–Kier alpha value is -0.0400. The van der Waals surface area contributed by atoms with Gasteiger partial charge in [-0.1, -0.05) is 6.92 Å². The van der Waals surface area contributed by atoms with Crippen LogP contribution < -0.4 is 0 Å². The summed E-state index contributed by atoms with van der Waals surface area (Å²) in [4.78, 5) is 0. The van der Waals surface area contributed by atoms with E-state index in [1.165, 1.54) is 25.7 Å². The first-order valence-electron chi connectivity index (χ1n) is 5.82. The Morgan fingerprint density at radius 2 is 1.54 bits per heavy atom. The molecule has 3 atom stereocenters. The first-order chi connectivity index (χ1) is 6.16. The first kappa shape index (κ1) is 9.51. The van der Waals surface area contributed by atoms with E-state index in [2.05, 4.69) is 20.8 Å². The highest BCUT2D eigenvalue weighted by Gasteiger charge is 2.36. The molecule has 1 saturated carbocycles. The van der Waals surface area contributed by atoms with Crippen molar-refractivity contribution in [2.75, 3.05) is 0 Å². The maximum absolute atomic E-state index is 5.77. The Balaban J connectivity index is 1.89. The molecule has 13 heavy (non-hydrogen) atoms. The standard InChI is InChI=1S/C12H22O/c1-8-6-12(7-9(2)13-8)10(3)11-4-5-11/h8-12H,4-7H2,1-3H3. The molecule has 0 N–H and O–H groups in total. The van der Waals surface area contributed by atoms with Gasteiger partial charge in [0.05, 0.1) is 12.2 Å². The molecule has 1 saturated heterocycles. The van der Waals surface area contributed by atoms with E-state index >= 15 is 0 Å². The number of rotatable bonds is 2. The van der Waals surface area contributed by atoms with Crippen LogP contribution in [0.5, 0.6) is 0 Å². The van der Waals surface area contributed by atoms with Gasteiger partial charge in [-0.2, -0.15) is 0 Å². The van der Waals surface area contributed by atoms with Crippen LogP contribution >= 0.6 is 0 Å². The van der Waals surface area contributed by atoms with E-state index in [9.17, 15) is 0 Å². The van der Waals surface area contributed by atoms with Crippen LogP contribution in [0.25, 0.3) is 0 Å². The summed E-state index contributed by atoms with van der Waals surface area (Å²) in [6.07, 6.45) is 6.55. The average molecular weight is 182 g/mol. The summed E-state index contributed by atoms with van der Waals surface area (Å²) in [6.45, 7) is 6.90. The van der Waals surface area contributed by atoms with Crippen LogP contribution in [-0.4, -0.2) is 12.2 Å². The van der Waals surface area contributed by atoms with Crippen molar-refractivity contribution in [3.05, 3.63) is 0 Å². The lowest BCUT2D eigenvalue weighted by atomic mass is 9.80. The van der Waals surface area contributed by atoms with Gasteiger partial charge in [0.15, 0.2) is 0 Å². The Labute approximate surface area is 81.9 Å². The van der Waals surface area contributed by atoms with Gasteiger partial charge in [-0.3, -0.25) is 0 Å². The number of hydrogen-bond donors (Lipinski definition) is 0. The third kappa shape index (κ3) is 2.25. The van der Waals surface area contributed by atoms with E-state index in [4.69, 9.17) is 4.74 Å². The number of hydrogen-bond acceptors (Lipinski definition) is 1.